The number of carbonyl (C=O) groups excluding carboxylic acids is 1. The van der Waals surface area contributed by atoms with Gasteiger partial charge in [0.1, 0.15) is 0 Å². The fourth-order valence-corrected chi connectivity index (χ4v) is 5.23. The maximum absolute atomic E-state index is 12.7. The van der Waals surface area contributed by atoms with Gasteiger partial charge in [0.05, 0.1) is 24.1 Å². The number of likely N-dealkylation sites (tertiary alicyclic amines) is 1. The lowest BCUT2D eigenvalue weighted by Gasteiger charge is -2.34. The molecule has 2 saturated heterocycles. The molecule has 4 rings (SSSR count). The summed E-state index contributed by atoms with van der Waals surface area (Å²) in [5, 5.41) is 0.662. The summed E-state index contributed by atoms with van der Waals surface area (Å²) in [7, 11) is 0. The molecule has 0 aliphatic carbocycles. The van der Waals surface area contributed by atoms with Crippen LogP contribution < -0.4 is 5.56 Å². The minimum atomic E-state index is -0.0399. The number of H-pyrrole nitrogens is 1. The van der Waals surface area contributed by atoms with Crippen LogP contribution >= 0.6 is 12.2 Å². The van der Waals surface area contributed by atoms with E-state index in [2.05, 4.69) is 14.8 Å². The minimum absolute atomic E-state index is 0.0399. The van der Waals surface area contributed by atoms with Gasteiger partial charge in [-0.3, -0.25) is 19.1 Å². The predicted molar refractivity (Wildman–Crippen MR) is 133 cm³/mol. The molecule has 180 valence electrons. The number of rotatable bonds is 9. The number of hydrogen-bond acceptors (Lipinski definition) is 5. The second kappa shape index (κ2) is 11.9. The van der Waals surface area contributed by atoms with Crippen LogP contribution in [0.15, 0.2) is 29.1 Å². The van der Waals surface area contributed by atoms with Crippen molar-refractivity contribution in [3.8, 4) is 0 Å². The summed E-state index contributed by atoms with van der Waals surface area (Å²) in [5.74, 6) is 1.02. The first kappa shape index (κ1) is 24.1. The highest BCUT2D eigenvalue weighted by molar-refractivity contribution is 7.71. The van der Waals surface area contributed by atoms with Crippen molar-refractivity contribution < 1.29 is 9.53 Å². The molecule has 0 bridgehead atoms. The number of aromatic amines is 1. The van der Waals surface area contributed by atoms with E-state index in [1.807, 2.05) is 24.3 Å². The van der Waals surface area contributed by atoms with Crippen LogP contribution in [-0.2, 0) is 16.1 Å². The maximum Gasteiger partial charge on any atom is 0.262 e. The number of morpholine rings is 1. The predicted octanol–water partition coefficient (Wildman–Crippen LogP) is 3.58. The van der Waals surface area contributed by atoms with E-state index in [-0.39, 0.29) is 11.5 Å². The van der Waals surface area contributed by atoms with Gasteiger partial charge in [-0.1, -0.05) is 18.6 Å². The zero-order chi connectivity index (χ0) is 23.0. The number of nitrogens with zero attached hydrogens (tertiary/aromatic N) is 3. The van der Waals surface area contributed by atoms with E-state index in [4.69, 9.17) is 17.0 Å². The zero-order valence-electron chi connectivity index (χ0n) is 19.5. The highest BCUT2D eigenvalue weighted by Gasteiger charge is 2.23. The van der Waals surface area contributed by atoms with Gasteiger partial charge in [-0.15, -0.1) is 0 Å². The largest absolute Gasteiger partial charge is 0.379 e. The third kappa shape index (κ3) is 6.52. The summed E-state index contributed by atoms with van der Waals surface area (Å²) in [5.41, 5.74) is 0.737. The number of carbonyl (C=O) groups is 1. The number of piperidine rings is 1. The van der Waals surface area contributed by atoms with E-state index < -0.39 is 0 Å². The van der Waals surface area contributed by atoms with Crippen molar-refractivity contribution in [1.82, 2.24) is 19.4 Å². The smallest absolute Gasteiger partial charge is 0.262 e. The Balaban J connectivity index is 1.13. The number of fused-ring (bicyclic) bond motifs is 1. The van der Waals surface area contributed by atoms with Gasteiger partial charge in [0.2, 0.25) is 5.91 Å². The monoisotopic (exact) mass is 472 g/mol. The number of aromatic nitrogens is 2. The fourth-order valence-electron chi connectivity index (χ4n) is 4.94. The van der Waals surface area contributed by atoms with Crippen molar-refractivity contribution in [2.45, 2.75) is 51.5 Å². The summed E-state index contributed by atoms with van der Waals surface area (Å²) < 4.78 is 7.52. The number of unbranched alkanes of at least 4 members (excludes halogenated alkanes) is 2. The van der Waals surface area contributed by atoms with Crippen LogP contribution in [0, 0.1) is 10.7 Å². The van der Waals surface area contributed by atoms with E-state index in [0.717, 1.165) is 89.5 Å². The van der Waals surface area contributed by atoms with E-state index in [1.165, 1.54) is 6.42 Å². The van der Waals surface area contributed by atoms with E-state index in [1.54, 1.807) is 4.57 Å². The summed E-state index contributed by atoms with van der Waals surface area (Å²) in [6.07, 6.45) is 6.69. The molecule has 0 spiro atoms. The second-order valence-electron chi connectivity index (χ2n) is 9.31. The Hall–Kier alpha value is -2.03. The molecule has 0 unspecified atom stereocenters. The second-order valence-corrected chi connectivity index (χ2v) is 9.70. The summed E-state index contributed by atoms with van der Waals surface area (Å²) in [6.45, 7) is 7.37. The van der Waals surface area contributed by atoms with E-state index in [9.17, 15) is 9.59 Å². The molecule has 1 amide bonds. The Labute approximate surface area is 200 Å². The fraction of sp³-hybridized carbons (Fsp3) is 0.640. The van der Waals surface area contributed by atoms with Crippen molar-refractivity contribution in [3.05, 3.63) is 39.4 Å². The van der Waals surface area contributed by atoms with Crippen LogP contribution in [0.2, 0.25) is 0 Å². The number of amides is 1. The minimum Gasteiger partial charge on any atom is -0.379 e. The van der Waals surface area contributed by atoms with E-state index in [0.29, 0.717) is 23.1 Å². The van der Waals surface area contributed by atoms with Crippen molar-refractivity contribution in [1.29, 1.82) is 0 Å². The number of para-hydroxylation sites is 1. The Kier molecular flexibility index (Phi) is 8.69. The van der Waals surface area contributed by atoms with Crippen LogP contribution in [0.1, 0.15) is 44.9 Å². The zero-order valence-corrected chi connectivity index (χ0v) is 20.3. The molecule has 33 heavy (non-hydrogen) atoms. The van der Waals surface area contributed by atoms with Gasteiger partial charge in [-0.05, 0) is 68.9 Å². The molecule has 0 radical (unpaired) electrons. The maximum atomic E-state index is 12.7. The Morgan fingerprint density at radius 3 is 2.58 bits per heavy atom. The summed E-state index contributed by atoms with van der Waals surface area (Å²) >= 11 is 5.38. The molecule has 0 saturated carbocycles. The molecule has 1 aromatic carbocycles. The summed E-state index contributed by atoms with van der Waals surface area (Å²) in [6, 6.07) is 7.45. The summed E-state index contributed by atoms with van der Waals surface area (Å²) in [4.78, 5) is 33.0. The Morgan fingerprint density at radius 1 is 1.03 bits per heavy atom. The molecule has 0 atom stereocenters. The quantitative estimate of drug-likeness (QED) is 0.446. The molecule has 2 aliphatic rings. The lowest BCUT2D eigenvalue weighted by molar-refractivity contribution is -0.132. The molecule has 1 aromatic heterocycles. The first-order valence-electron chi connectivity index (χ1n) is 12.4. The van der Waals surface area contributed by atoms with Crippen LogP contribution in [0.3, 0.4) is 0 Å². The van der Waals surface area contributed by atoms with Crippen LogP contribution in [0.4, 0.5) is 0 Å². The lowest BCUT2D eigenvalue weighted by atomic mass is 9.93. The normalized spacial score (nSPS) is 18.1. The SMILES string of the molecule is O=C(CCCCCn1c(=S)[nH]c2ccccc2c1=O)N1CCC(CCN2CCOCC2)CC1. The Morgan fingerprint density at radius 2 is 1.79 bits per heavy atom. The van der Waals surface area contributed by atoms with Crippen molar-refractivity contribution in [3.63, 3.8) is 0 Å². The molecule has 1 N–H and O–H groups in total. The number of hydrogen-bond donors (Lipinski definition) is 1. The topological polar surface area (TPSA) is 70.6 Å². The van der Waals surface area contributed by atoms with Gasteiger partial charge in [-0.2, -0.15) is 0 Å². The van der Waals surface area contributed by atoms with Crippen LogP contribution in [0.25, 0.3) is 10.9 Å². The molecular formula is C25H36N4O3S. The average Bonchev–Trinajstić information content (AvgIpc) is 2.85. The molecule has 2 aromatic rings. The highest BCUT2D eigenvalue weighted by atomic mass is 32.1. The molecule has 2 aliphatic heterocycles. The molecule has 8 heteroatoms. The molecule has 2 fully saturated rings. The van der Waals surface area contributed by atoms with Crippen LogP contribution in [0.5, 0.6) is 0 Å². The molecular weight excluding hydrogens is 436 g/mol. The molecule has 3 heterocycles. The van der Waals surface area contributed by atoms with Gasteiger partial charge in [0, 0.05) is 39.1 Å². The third-order valence-electron chi connectivity index (χ3n) is 7.09. The van der Waals surface area contributed by atoms with Crippen molar-refractivity contribution in [2.24, 2.45) is 5.92 Å². The first-order valence-corrected chi connectivity index (χ1v) is 12.8. The van der Waals surface area contributed by atoms with Gasteiger partial charge >= 0.3 is 0 Å². The first-order chi connectivity index (χ1) is 16.1. The van der Waals surface area contributed by atoms with Gasteiger partial charge in [-0.25, -0.2) is 0 Å². The van der Waals surface area contributed by atoms with Gasteiger partial charge < -0.3 is 14.6 Å². The standard InChI is InChI=1S/C25H36N4O3S/c30-23(28-14-10-20(11-15-28)9-13-27-16-18-32-19-17-27)8-2-1-5-12-29-24(31)21-6-3-4-7-22(21)26-25(29)33/h3-4,6-7,20H,1-2,5,8-19H2,(H,26,33). The molecule has 7 nitrogen and oxygen atoms in total. The lowest BCUT2D eigenvalue weighted by Crippen LogP contribution is -2.40. The van der Waals surface area contributed by atoms with Crippen molar-refractivity contribution >= 4 is 29.0 Å². The van der Waals surface area contributed by atoms with Crippen LogP contribution in [-0.4, -0.2) is 71.2 Å². The number of ether oxygens (including phenoxy) is 1. The number of benzene rings is 1. The van der Waals surface area contributed by atoms with Gasteiger partial charge in [0.25, 0.3) is 5.56 Å². The highest BCUT2D eigenvalue weighted by Crippen LogP contribution is 2.22. The third-order valence-corrected chi connectivity index (χ3v) is 7.41. The van der Waals surface area contributed by atoms with Crippen molar-refractivity contribution in [2.75, 3.05) is 45.9 Å². The Bertz CT molecular complexity index is 1040. The van der Waals surface area contributed by atoms with Gasteiger partial charge in [0.15, 0.2) is 4.77 Å². The van der Waals surface area contributed by atoms with E-state index >= 15 is 0 Å². The number of nitrogens with one attached hydrogen (secondary N) is 1. The average molecular weight is 473 g/mol.